The zero-order valence-electron chi connectivity index (χ0n) is 12.0. The summed E-state index contributed by atoms with van der Waals surface area (Å²) in [7, 11) is 0. The average molecular weight is 247 g/mol. The van der Waals surface area contributed by atoms with E-state index in [2.05, 4.69) is 52.0 Å². The quantitative estimate of drug-likeness (QED) is 0.888. The van der Waals surface area contributed by atoms with Crippen LogP contribution in [0.25, 0.3) is 0 Å². The smallest absolute Gasteiger partial charge is 0.0603 e. The molecule has 0 aromatic heterocycles. The van der Waals surface area contributed by atoms with E-state index in [9.17, 15) is 0 Å². The molecule has 2 rings (SSSR count). The Hall–Kier alpha value is -0.860. The van der Waals surface area contributed by atoms with Gasteiger partial charge in [0.05, 0.1) is 18.6 Å². The lowest BCUT2D eigenvalue weighted by Gasteiger charge is -2.51. The Morgan fingerprint density at radius 1 is 1.22 bits per heavy atom. The van der Waals surface area contributed by atoms with Gasteiger partial charge in [0.25, 0.3) is 0 Å². The Morgan fingerprint density at radius 2 is 1.78 bits per heavy atom. The van der Waals surface area contributed by atoms with E-state index in [-0.39, 0.29) is 11.0 Å². The van der Waals surface area contributed by atoms with Crippen molar-refractivity contribution >= 4 is 0 Å². The van der Waals surface area contributed by atoms with Crippen molar-refractivity contribution in [1.29, 1.82) is 0 Å². The molecular weight excluding hydrogens is 222 g/mol. The van der Waals surface area contributed by atoms with E-state index in [1.807, 2.05) is 0 Å². The Morgan fingerprint density at radius 3 is 2.11 bits per heavy atom. The average Bonchev–Trinajstić information content (AvgIpc) is 2.15. The minimum absolute atomic E-state index is 0.0106. The molecule has 1 fully saturated rings. The van der Waals surface area contributed by atoms with Crippen LogP contribution in [0.5, 0.6) is 0 Å². The second-order valence-corrected chi connectivity index (χ2v) is 6.59. The van der Waals surface area contributed by atoms with Crippen LogP contribution < -0.4 is 5.73 Å². The lowest BCUT2D eigenvalue weighted by atomic mass is 9.65. The largest absolute Gasteiger partial charge is 0.379 e. The van der Waals surface area contributed by atoms with Crippen LogP contribution in [0.2, 0.25) is 0 Å². The Kier molecular flexibility index (Phi) is 3.52. The van der Waals surface area contributed by atoms with Gasteiger partial charge in [0.15, 0.2) is 0 Å². The SMILES string of the molecule is CC(C)Cc1ccc(C2(C(C)(C)N)COC2)cc1. The first kappa shape index (κ1) is 13.6. The van der Waals surface area contributed by atoms with Crippen LogP contribution in [-0.2, 0) is 16.6 Å². The van der Waals surface area contributed by atoms with Crippen molar-refractivity contribution in [2.24, 2.45) is 11.7 Å². The maximum atomic E-state index is 6.35. The molecule has 1 heterocycles. The molecule has 1 saturated heterocycles. The van der Waals surface area contributed by atoms with Crippen molar-refractivity contribution in [3.8, 4) is 0 Å². The molecule has 0 amide bonds. The van der Waals surface area contributed by atoms with Gasteiger partial charge in [-0.15, -0.1) is 0 Å². The molecule has 2 heteroatoms. The molecule has 2 N–H and O–H groups in total. The number of hydrogen-bond donors (Lipinski definition) is 1. The van der Waals surface area contributed by atoms with Crippen LogP contribution in [0.4, 0.5) is 0 Å². The summed E-state index contributed by atoms with van der Waals surface area (Å²) in [4.78, 5) is 0. The first-order valence-corrected chi connectivity index (χ1v) is 6.81. The number of nitrogens with two attached hydrogens (primary N) is 1. The zero-order chi connectivity index (χ0) is 13.4. The first-order valence-electron chi connectivity index (χ1n) is 6.81. The van der Waals surface area contributed by atoms with Crippen molar-refractivity contribution in [1.82, 2.24) is 0 Å². The lowest BCUT2D eigenvalue weighted by Crippen LogP contribution is -2.64. The van der Waals surface area contributed by atoms with Crippen LogP contribution in [0.15, 0.2) is 24.3 Å². The van der Waals surface area contributed by atoms with Gasteiger partial charge >= 0.3 is 0 Å². The Balaban J connectivity index is 2.23. The van der Waals surface area contributed by atoms with Gasteiger partial charge in [0.2, 0.25) is 0 Å². The van der Waals surface area contributed by atoms with E-state index in [1.54, 1.807) is 0 Å². The molecule has 1 aliphatic rings. The van der Waals surface area contributed by atoms with Crippen LogP contribution in [0, 0.1) is 5.92 Å². The minimum Gasteiger partial charge on any atom is -0.379 e. The van der Waals surface area contributed by atoms with Gasteiger partial charge in [0.1, 0.15) is 0 Å². The summed E-state index contributed by atoms with van der Waals surface area (Å²) in [5.41, 5.74) is 8.81. The molecule has 0 unspecified atom stereocenters. The van der Waals surface area contributed by atoms with E-state index in [1.165, 1.54) is 11.1 Å². The van der Waals surface area contributed by atoms with Crippen LogP contribution in [-0.4, -0.2) is 18.8 Å². The zero-order valence-corrected chi connectivity index (χ0v) is 12.0. The van der Waals surface area contributed by atoms with Crippen LogP contribution >= 0.6 is 0 Å². The van der Waals surface area contributed by atoms with Gasteiger partial charge in [-0.2, -0.15) is 0 Å². The van der Waals surface area contributed by atoms with Gasteiger partial charge in [0, 0.05) is 5.54 Å². The molecule has 2 nitrogen and oxygen atoms in total. The number of ether oxygens (including phenoxy) is 1. The third-order valence-electron chi connectivity index (χ3n) is 4.08. The summed E-state index contributed by atoms with van der Waals surface area (Å²) in [5.74, 6) is 0.697. The Bertz CT molecular complexity index is 396. The highest BCUT2D eigenvalue weighted by atomic mass is 16.5. The molecule has 18 heavy (non-hydrogen) atoms. The number of rotatable bonds is 4. The molecule has 0 spiro atoms. The predicted molar refractivity (Wildman–Crippen MR) is 75.7 cm³/mol. The highest BCUT2D eigenvalue weighted by Gasteiger charge is 2.50. The van der Waals surface area contributed by atoms with Crippen molar-refractivity contribution in [3.05, 3.63) is 35.4 Å². The van der Waals surface area contributed by atoms with Crippen molar-refractivity contribution in [2.45, 2.75) is 45.1 Å². The maximum absolute atomic E-state index is 6.35. The molecule has 0 bridgehead atoms. The standard InChI is InChI=1S/C16H25NO/c1-12(2)9-13-5-7-14(8-6-13)16(10-18-11-16)15(3,4)17/h5-8,12H,9-11,17H2,1-4H3. The van der Waals surface area contributed by atoms with E-state index in [0.717, 1.165) is 19.6 Å². The summed E-state index contributed by atoms with van der Waals surface area (Å²) in [6.07, 6.45) is 1.13. The number of hydrogen-bond acceptors (Lipinski definition) is 2. The van der Waals surface area contributed by atoms with Crippen molar-refractivity contribution in [3.63, 3.8) is 0 Å². The summed E-state index contributed by atoms with van der Waals surface area (Å²) in [6.45, 7) is 10.2. The van der Waals surface area contributed by atoms with Crippen LogP contribution in [0.1, 0.15) is 38.8 Å². The number of benzene rings is 1. The van der Waals surface area contributed by atoms with Gasteiger partial charge in [-0.1, -0.05) is 38.1 Å². The van der Waals surface area contributed by atoms with Gasteiger partial charge in [-0.25, -0.2) is 0 Å². The summed E-state index contributed by atoms with van der Waals surface area (Å²) >= 11 is 0. The van der Waals surface area contributed by atoms with Crippen molar-refractivity contribution in [2.75, 3.05) is 13.2 Å². The molecule has 0 aliphatic carbocycles. The molecule has 1 aromatic rings. The lowest BCUT2D eigenvalue weighted by molar-refractivity contribution is -0.0919. The van der Waals surface area contributed by atoms with E-state index >= 15 is 0 Å². The monoisotopic (exact) mass is 247 g/mol. The highest BCUT2D eigenvalue weighted by molar-refractivity contribution is 5.35. The van der Waals surface area contributed by atoms with Gasteiger partial charge in [-0.3, -0.25) is 0 Å². The minimum atomic E-state index is -0.245. The third-order valence-corrected chi connectivity index (χ3v) is 4.08. The predicted octanol–water partition coefficient (Wildman–Crippen LogP) is 2.89. The van der Waals surface area contributed by atoms with E-state index in [4.69, 9.17) is 10.5 Å². The Labute approximate surface area is 111 Å². The fraction of sp³-hybridized carbons (Fsp3) is 0.625. The van der Waals surface area contributed by atoms with E-state index < -0.39 is 0 Å². The van der Waals surface area contributed by atoms with Gasteiger partial charge < -0.3 is 10.5 Å². The first-order chi connectivity index (χ1) is 8.35. The molecule has 100 valence electrons. The second kappa shape index (κ2) is 4.67. The molecule has 0 saturated carbocycles. The molecule has 1 aromatic carbocycles. The third kappa shape index (κ3) is 2.32. The molecule has 1 aliphatic heterocycles. The van der Waals surface area contributed by atoms with Gasteiger partial charge in [-0.05, 0) is 37.3 Å². The fourth-order valence-electron chi connectivity index (χ4n) is 2.65. The van der Waals surface area contributed by atoms with Crippen molar-refractivity contribution < 1.29 is 4.74 Å². The maximum Gasteiger partial charge on any atom is 0.0603 e. The molecule has 0 atom stereocenters. The topological polar surface area (TPSA) is 35.2 Å². The molecule has 0 radical (unpaired) electrons. The fourth-order valence-corrected chi connectivity index (χ4v) is 2.65. The molecular formula is C16H25NO. The normalized spacial score (nSPS) is 18.8. The second-order valence-electron chi connectivity index (χ2n) is 6.59. The summed E-state index contributed by atoms with van der Waals surface area (Å²) < 4.78 is 5.43. The van der Waals surface area contributed by atoms with E-state index in [0.29, 0.717) is 5.92 Å². The van der Waals surface area contributed by atoms with Crippen LogP contribution in [0.3, 0.4) is 0 Å². The summed E-state index contributed by atoms with van der Waals surface area (Å²) in [6, 6.07) is 8.94. The summed E-state index contributed by atoms with van der Waals surface area (Å²) in [5, 5.41) is 0. The highest BCUT2D eigenvalue weighted by Crippen LogP contribution is 2.40.